The lowest BCUT2D eigenvalue weighted by molar-refractivity contribution is 0.219. The highest BCUT2D eigenvalue weighted by molar-refractivity contribution is 9.11. The van der Waals surface area contributed by atoms with Crippen molar-refractivity contribution in [3.8, 4) is 0 Å². The van der Waals surface area contributed by atoms with Crippen LogP contribution in [-0.4, -0.2) is 23.8 Å². The van der Waals surface area contributed by atoms with Gasteiger partial charge in [-0.15, -0.1) is 11.3 Å². The molecule has 0 saturated heterocycles. The number of amides is 2. The monoisotopic (exact) mass is 273 g/mol. The van der Waals surface area contributed by atoms with E-state index in [9.17, 15) is 4.79 Å². The van der Waals surface area contributed by atoms with Crippen LogP contribution in [0, 0.1) is 0 Å². The van der Waals surface area contributed by atoms with Gasteiger partial charge in [0.25, 0.3) is 0 Å². The second-order valence-corrected chi connectivity index (χ2v) is 5.31. The second kappa shape index (κ2) is 3.36. The minimum atomic E-state index is -0.283. The number of halogens is 1. The lowest BCUT2D eigenvalue weighted by Gasteiger charge is -2.17. The summed E-state index contributed by atoms with van der Waals surface area (Å²) in [6, 6.07) is 1.46. The fourth-order valence-corrected chi connectivity index (χ4v) is 2.61. The molecule has 14 heavy (non-hydrogen) atoms. The van der Waals surface area contributed by atoms with Gasteiger partial charge < -0.3 is 10.6 Å². The van der Waals surface area contributed by atoms with Crippen LogP contribution in [0.15, 0.2) is 20.2 Å². The zero-order valence-corrected chi connectivity index (χ0v) is 9.80. The van der Waals surface area contributed by atoms with Gasteiger partial charge in [-0.05, 0) is 32.9 Å². The van der Waals surface area contributed by atoms with E-state index in [1.807, 2.05) is 11.4 Å². The van der Waals surface area contributed by atoms with Gasteiger partial charge in [-0.2, -0.15) is 4.99 Å². The van der Waals surface area contributed by atoms with Crippen LogP contribution in [0.3, 0.4) is 0 Å². The van der Waals surface area contributed by atoms with Gasteiger partial charge in [0.15, 0.2) is 0 Å². The Morgan fingerprint density at radius 2 is 2.43 bits per heavy atom. The lowest BCUT2D eigenvalue weighted by Crippen LogP contribution is -2.29. The number of amidine groups is 1. The maximum Gasteiger partial charge on any atom is 0.345 e. The van der Waals surface area contributed by atoms with Gasteiger partial charge in [0.05, 0.1) is 3.79 Å². The van der Waals surface area contributed by atoms with Gasteiger partial charge in [0.1, 0.15) is 11.9 Å². The predicted molar refractivity (Wildman–Crippen MR) is 59.5 cm³/mol. The minimum Gasteiger partial charge on any atom is -0.385 e. The Morgan fingerprint density at radius 3 is 2.86 bits per heavy atom. The maximum absolute atomic E-state index is 11.2. The van der Waals surface area contributed by atoms with Gasteiger partial charge in [-0.1, -0.05) is 0 Å². The average Bonchev–Trinajstić information content (AvgIpc) is 2.60. The standard InChI is InChI=1S/C8H8BrN3OS/c1-12-6(7(10)11-8(12)13)4-2-5(9)14-3-4/h2-3,6H,1H3,(H2,10,11,13). The number of aliphatic imine (C=N–C) groups is 1. The Morgan fingerprint density at radius 1 is 1.71 bits per heavy atom. The number of hydrogen-bond acceptors (Lipinski definition) is 3. The van der Waals surface area contributed by atoms with Crippen molar-refractivity contribution in [3.05, 3.63) is 20.8 Å². The zero-order chi connectivity index (χ0) is 10.3. The summed E-state index contributed by atoms with van der Waals surface area (Å²) in [7, 11) is 1.70. The molecule has 1 atom stereocenters. The third kappa shape index (κ3) is 1.44. The minimum absolute atomic E-state index is 0.204. The van der Waals surface area contributed by atoms with Gasteiger partial charge in [-0.3, -0.25) is 0 Å². The fraction of sp³-hybridized carbons (Fsp3) is 0.250. The van der Waals surface area contributed by atoms with Gasteiger partial charge >= 0.3 is 6.03 Å². The molecule has 4 nitrogen and oxygen atoms in total. The summed E-state index contributed by atoms with van der Waals surface area (Å²) < 4.78 is 1.02. The maximum atomic E-state index is 11.2. The van der Waals surface area contributed by atoms with Crippen LogP contribution in [-0.2, 0) is 0 Å². The van der Waals surface area contributed by atoms with Crippen LogP contribution in [0.25, 0.3) is 0 Å². The molecule has 0 saturated carbocycles. The highest BCUT2D eigenvalue weighted by Crippen LogP contribution is 2.30. The molecule has 2 N–H and O–H groups in total. The van der Waals surface area contributed by atoms with Gasteiger partial charge in [0, 0.05) is 7.05 Å². The summed E-state index contributed by atoms with van der Waals surface area (Å²) in [5.41, 5.74) is 6.67. The van der Waals surface area contributed by atoms with E-state index in [2.05, 4.69) is 20.9 Å². The van der Waals surface area contributed by atoms with Crippen molar-refractivity contribution >= 4 is 39.1 Å². The highest BCUT2D eigenvalue weighted by Gasteiger charge is 2.31. The molecule has 2 amide bonds. The van der Waals surface area contributed by atoms with Crippen LogP contribution in [0.4, 0.5) is 4.79 Å². The predicted octanol–water partition coefficient (Wildman–Crippen LogP) is 1.97. The summed E-state index contributed by atoms with van der Waals surface area (Å²) in [6.45, 7) is 0. The number of nitrogens with zero attached hydrogens (tertiary/aromatic N) is 2. The number of carbonyl (C=O) groups excluding carboxylic acids is 1. The largest absolute Gasteiger partial charge is 0.385 e. The Kier molecular flexibility index (Phi) is 2.32. The molecule has 1 aromatic rings. The van der Waals surface area contributed by atoms with E-state index < -0.39 is 0 Å². The topological polar surface area (TPSA) is 58.7 Å². The quantitative estimate of drug-likeness (QED) is 0.851. The summed E-state index contributed by atoms with van der Waals surface area (Å²) in [5, 5.41) is 1.96. The van der Waals surface area contributed by atoms with E-state index in [1.54, 1.807) is 18.4 Å². The summed E-state index contributed by atoms with van der Waals surface area (Å²) in [6.07, 6.45) is 0. The molecular weight excluding hydrogens is 266 g/mol. The molecule has 0 aliphatic carbocycles. The number of carbonyl (C=O) groups is 1. The van der Waals surface area contributed by atoms with E-state index in [0.717, 1.165) is 9.35 Å². The molecular formula is C8H8BrN3OS. The Labute approximate surface area is 93.5 Å². The van der Waals surface area contributed by atoms with Crippen molar-refractivity contribution in [3.63, 3.8) is 0 Å². The molecule has 1 aromatic heterocycles. The molecule has 2 heterocycles. The van der Waals surface area contributed by atoms with Crippen molar-refractivity contribution < 1.29 is 4.79 Å². The summed E-state index contributed by atoms with van der Waals surface area (Å²) in [4.78, 5) is 16.5. The first-order valence-electron chi connectivity index (χ1n) is 3.94. The number of urea groups is 1. The van der Waals surface area contributed by atoms with Crippen molar-refractivity contribution in [2.75, 3.05) is 7.05 Å². The Bertz CT molecular complexity index is 414. The SMILES string of the molecule is CN1C(=O)N=C(N)C1c1csc(Br)c1. The number of likely N-dealkylation sites (N-methyl/N-ethyl adjacent to an activating group) is 1. The number of rotatable bonds is 1. The zero-order valence-electron chi connectivity index (χ0n) is 7.40. The third-order valence-electron chi connectivity index (χ3n) is 2.10. The first kappa shape index (κ1) is 9.67. The van der Waals surface area contributed by atoms with Crippen molar-refractivity contribution in [1.82, 2.24) is 4.90 Å². The van der Waals surface area contributed by atoms with Crippen LogP contribution in [0.2, 0.25) is 0 Å². The van der Waals surface area contributed by atoms with Crippen molar-refractivity contribution in [1.29, 1.82) is 0 Å². The molecule has 74 valence electrons. The van der Waals surface area contributed by atoms with E-state index >= 15 is 0 Å². The molecule has 0 fully saturated rings. The molecule has 6 heteroatoms. The first-order chi connectivity index (χ1) is 6.59. The molecule has 0 aromatic carbocycles. The number of hydrogen-bond donors (Lipinski definition) is 1. The molecule has 1 unspecified atom stereocenters. The van der Waals surface area contributed by atoms with E-state index in [4.69, 9.17) is 5.73 Å². The fourth-order valence-electron chi connectivity index (χ4n) is 1.42. The van der Waals surface area contributed by atoms with Crippen LogP contribution in [0.1, 0.15) is 11.6 Å². The lowest BCUT2D eigenvalue weighted by atomic mass is 10.1. The van der Waals surface area contributed by atoms with Crippen molar-refractivity contribution in [2.24, 2.45) is 10.7 Å². The summed E-state index contributed by atoms with van der Waals surface area (Å²) >= 11 is 4.93. The van der Waals surface area contributed by atoms with Crippen LogP contribution >= 0.6 is 27.3 Å². The molecule has 2 rings (SSSR count). The third-order valence-corrected chi connectivity index (χ3v) is 3.62. The van der Waals surface area contributed by atoms with Gasteiger partial charge in [0.2, 0.25) is 0 Å². The number of thiophene rings is 1. The molecule has 0 radical (unpaired) electrons. The van der Waals surface area contributed by atoms with E-state index in [0.29, 0.717) is 5.84 Å². The average molecular weight is 274 g/mol. The first-order valence-corrected chi connectivity index (χ1v) is 5.61. The molecule has 1 aliphatic rings. The molecule has 1 aliphatic heterocycles. The molecule has 0 bridgehead atoms. The number of nitrogens with two attached hydrogens (primary N) is 1. The summed E-state index contributed by atoms with van der Waals surface area (Å²) in [5.74, 6) is 0.364. The van der Waals surface area contributed by atoms with E-state index in [1.165, 1.54) is 4.90 Å². The Hall–Kier alpha value is -0.880. The van der Waals surface area contributed by atoms with Crippen LogP contribution in [0.5, 0.6) is 0 Å². The highest BCUT2D eigenvalue weighted by atomic mass is 79.9. The van der Waals surface area contributed by atoms with Gasteiger partial charge in [-0.25, -0.2) is 4.79 Å². The van der Waals surface area contributed by atoms with E-state index in [-0.39, 0.29) is 12.1 Å². The van der Waals surface area contributed by atoms with Crippen LogP contribution < -0.4 is 5.73 Å². The smallest absolute Gasteiger partial charge is 0.345 e. The molecule has 0 spiro atoms. The second-order valence-electron chi connectivity index (χ2n) is 3.02. The Balaban J connectivity index is 2.36. The normalized spacial score (nSPS) is 21.6. The van der Waals surface area contributed by atoms with Crippen molar-refractivity contribution in [2.45, 2.75) is 6.04 Å².